The van der Waals surface area contributed by atoms with Crippen LogP contribution in [-0.2, 0) is 11.2 Å². The Hall–Kier alpha value is -2.92. The monoisotopic (exact) mass is 460 g/mol. The lowest BCUT2D eigenvalue weighted by atomic mass is 10.0. The van der Waals surface area contributed by atoms with Crippen molar-refractivity contribution < 1.29 is 4.79 Å². The summed E-state index contributed by atoms with van der Waals surface area (Å²) in [6, 6.07) is 18.4. The van der Waals surface area contributed by atoms with Crippen LogP contribution >= 0.6 is 11.6 Å². The lowest BCUT2D eigenvalue weighted by Crippen LogP contribution is -2.50. The Morgan fingerprint density at radius 3 is 2.36 bits per heavy atom. The van der Waals surface area contributed by atoms with Crippen LogP contribution in [0.1, 0.15) is 40.5 Å². The van der Waals surface area contributed by atoms with E-state index in [2.05, 4.69) is 53.2 Å². The van der Waals surface area contributed by atoms with Gasteiger partial charge in [-0.05, 0) is 49.4 Å². The maximum Gasteiger partial charge on any atom is 0.226 e. The van der Waals surface area contributed by atoms with E-state index in [0.717, 1.165) is 66.9 Å². The number of benzene rings is 2. The zero-order valence-corrected chi connectivity index (χ0v) is 19.9. The molecule has 1 aliphatic carbocycles. The second-order valence-corrected chi connectivity index (χ2v) is 9.57. The lowest BCUT2D eigenvalue weighted by Gasteiger charge is -2.36. The normalized spacial score (nSPS) is 20.1. The summed E-state index contributed by atoms with van der Waals surface area (Å²) < 4.78 is 0. The zero-order chi connectivity index (χ0) is 22.9. The predicted octanol–water partition coefficient (Wildman–Crippen LogP) is 4.79. The molecule has 1 saturated carbocycles. The minimum Gasteiger partial charge on any atom is -0.353 e. The highest BCUT2D eigenvalue weighted by molar-refractivity contribution is 6.30. The van der Waals surface area contributed by atoms with E-state index in [4.69, 9.17) is 16.6 Å². The molecule has 5 rings (SSSR count). The molecule has 1 unspecified atom stereocenters. The van der Waals surface area contributed by atoms with E-state index in [9.17, 15) is 4.79 Å². The second-order valence-electron chi connectivity index (χ2n) is 9.13. The highest BCUT2D eigenvalue weighted by atomic mass is 35.5. The molecular formula is C27H29ClN4O. The van der Waals surface area contributed by atoms with Crippen LogP contribution in [0.25, 0.3) is 0 Å². The van der Waals surface area contributed by atoms with Gasteiger partial charge in [0, 0.05) is 54.8 Å². The molecule has 6 heteroatoms. The van der Waals surface area contributed by atoms with Crippen molar-refractivity contribution in [3.63, 3.8) is 0 Å². The molecule has 33 heavy (non-hydrogen) atoms. The van der Waals surface area contributed by atoms with Gasteiger partial charge in [-0.3, -0.25) is 4.79 Å². The van der Waals surface area contributed by atoms with Gasteiger partial charge in [-0.15, -0.1) is 0 Å². The maximum absolute atomic E-state index is 13.1. The first-order chi connectivity index (χ1) is 16.0. The summed E-state index contributed by atoms with van der Waals surface area (Å²) in [5, 5.41) is 0.738. The fourth-order valence-electron chi connectivity index (χ4n) is 4.90. The maximum atomic E-state index is 13.1. The van der Waals surface area contributed by atoms with Crippen LogP contribution in [0.5, 0.6) is 0 Å². The number of hydrogen-bond donors (Lipinski definition) is 0. The van der Waals surface area contributed by atoms with Crippen molar-refractivity contribution in [3.05, 3.63) is 87.8 Å². The third-order valence-corrected chi connectivity index (χ3v) is 7.08. The summed E-state index contributed by atoms with van der Waals surface area (Å²) in [5.74, 6) is 2.61. The van der Waals surface area contributed by atoms with E-state index in [-0.39, 0.29) is 5.92 Å². The van der Waals surface area contributed by atoms with Crippen molar-refractivity contribution in [3.8, 4) is 0 Å². The van der Waals surface area contributed by atoms with Crippen molar-refractivity contribution in [2.75, 3.05) is 31.1 Å². The number of aromatic nitrogens is 2. The van der Waals surface area contributed by atoms with E-state index < -0.39 is 0 Å². The molecule has 1 saturated heterocycles. The Balaban J connectivity index is 1.27. The number of rotatable bonds is 5. The van der Waals surface area contributed by atoms with E-state index in [1.807, 2.05) is 30.0 Å². The van der Waals surface area contributed by atoms with E-state index in [0.29, 0.717) is 11.8 Å². The van der Waals surface area contributed by atoms with Gasteiger partial charge in [0.05, 0.1) is 0 Å². The lowest BCUT2D eigenvalue weighted by molar-refractivity contribution is -0.133. The molecule has 1 aliphatic heterocycles. The van der Waals surface area contributed by atoms with Gasteiger partial charge in [-0.25, -0.2) is 9.97 Å². The molecule has 2 aromatic carbocycles. The molecule has 2 heterocycles. The van der Waals surface area contributed by atoms with Gasteiger partial charge in [0.1, 0.15) is 11.6 Å². The second kappa shape index (κ2) is 9.14. The summed E-state index contributed by atoms with van der Waals surface area (Å²) in [6.45, 7) is 7.05. The Kier molecular flexibility index (Phi) is 6.07. The molecule has 2 fully saturated rings. The highest BCUT2D eigenvalue weighted by Crippen LogP contribution is 2.48. The van der Waals surface area contributed by atoms with Crippen LogP contribution in [0.2, 0.25) is 5.02 Å². The van der Waals surface area contributed by atoms with E-state index >= 15 is 0 Å². The summed E-state index contributed by atoms with van der Waals surface area (Å²) in [6.07, 6.45) is 1.73. The fourth-order valence-corrected chi connectivity index (χ4v) is 5.03. The Bertz CT molecular complexity index is 1140. The van der Waals surface area contributed by atoms with Gasteiger partial charge in [-0.2, -0.15) is 0 Å². The highest BCUT2D eigenvalue weighted by Gasteiger charge is 2.46. The van der Waals surface area contributed by atoms with E-state index in [1.165, 1.54) is 11.1 Å². The third kappa shape index (κ3) is 4.74. The molecule has 1 aromatic heterocycles. The number of amides is 1. The van der Waals surface area contributed by atoms with Crippen LogP contribution in [0.3, 0.4) is 0 Å². The van der Waals surface area contributed by atoms with Crippen LogP contribution in [0.4, 0.5) is 5.82 Å². The quantitative estimate of drug-likeness (QED) is 0.549. The number of halogens is 1. The summed E-state index contributed by atoms with van der Waals surface area (Å²) in [4.78, 5) is 26.9. The zero-order valence-electron chi connectivity index (χ0n) is 19.2. The average Bonchev–Trinajstić information content (AvgIpc) is 3.63. The number of carbonyl (C=O) groups excluding carboxylic acids is 1. The summed E-state index contributed by atoms with van der Waals surface area (Å²) in [7, 11) is 0. The Morgan fingerprint density at radius 2 is 1.67 bits per heavy atom. The number of anilines is 1. The van der Waals surface area contributed by atoms with Crippen LogP contribution in [-0.4, -0.2) is 47.0 Å². The van der Waals surface area contributed by atoms with Crippen LogP contribution in [0, 0.1) is 19.8 Å². The molecule has 1 amide bonds. The first-order valence-electron chi connectivity index (χ1n) is 11.7. The minimum absolute atomic E-state index is 0.142. The molecule has 5 nitrogen and oxygen atoms in total. The fraction of sp³-hybridized carbons (Fsp3) is 0.370. The largest absolute Gasteiger partial charge is 0.353 e. The molecule has 170 valence electrons. The van der Waals surface area contributed by atoms with Gasteiger partial charge in [0.2, 0.25) is 5.91 Å². The average molecular weight is 461 g/mol. The molecule has 0 bridgehead atoms. The van der Waals surface area contributed by atoms with E-state index in [1.54, 1.807) is 0 Å². The molecule has 0 radical (unpaired) electrons. The number of piperazine rings is 1. The summed E-state index contributed by atoms with van der Waals surface area (Å²) >= 11 is 6.06. The molecule has 3 aromatic rings. The number of nitrogens with zero attached hydrogens (tertiary/aromatic N) is 4. The van der Waals surface area contributed by atoms with Crippen molar-refractivity contribution in [1.29, 1.82) is 0 Å². The number of carbonyl (C=O) groups is 1. The van der Waals surface area contributed by atoms with Crippen LogP contribution in [0.15, 0.2) is 54.6 Å². The first-order valence-corrected chi connectivity index (χ1v) is 12.0. The van der Waals surface area contributed by atoms with Gasteiger partial charge >= 0.3 is 0 Å². The van der Waals surface area contributed by atoms with Crippen LogP contribution < -0.4 is 4.90 Å². The van der Waals surface area contributed by atoms with Crippen molar-refractivity contribution in [2.24, 2.45) is 5.92 Å². The SMILES string of the molecule is Cc1nc(C)c(Cc2ccc(Cl)cc2)c(N2CCN(C(=O)C3C[C@H]3c3ccccc3)CC2)n1. The van der Waals surface area contributed by atoms with Gasteiger partial charge < -0.3 is 9.80 Å². The first kappa shape index (κ1) is 21.9. The van der Waals surface area contributed by atoms with Crippen molar-refractivity contribution in [2.45, 2.75) is 32.6 Å². The topological polar surface area (TPSA) is 49.3 Å². The third-order valence-electron chi connectivity index (χ3n) is 6.82. The number of aryl methyl sites for hydroxylation is 2. The number of hydrogen-bond acceptors (Lipinski definition) is 4. The van der Waals surface area contributed by atoms with Gasteiger partial charge in [0.15, 0.2) is 0 Å². The van der Waals surface area contributed by atoms with Gasteiger partial charge in [0.25, 0.3) is 0 Å². The summed E-state index contributed by atoms with van der Waals surface area (Å²) in [5.41, 5.74) is 4.63. The van der Waals surface area contributed by atoms with Crippen molar-refractivity contribution in [1.82, 2.24) is 14.9 Å². The molecule has 2 aliphatic rings. The Labute approximate surface area is 200 Å². The molecular weight excluding hydrogens is 432 g/mol. The smallest absolute Gasteiger partial charge is 0.226 e. The standard InChI is InChI=1S/C27H29ClN4O/c1-18-23(16-20-8-10-22(28)11-9-20)26(30-19(2)29-18)31-12-14-32(15-13-31)27(33)25-17-24(25)21-6-4-3-5-7-21/h3-11,24-25H,12-17H2,1-2H3/t24-,25?/m0/s1. The molecule has 0 spiro atoms. The Morgan fingerprint density at radius 1 is 0.970 bits per heavy atom. The predicted molar refractivity (Wildman–Crippen MR) is 132 cm³/mol. The minimum atomic E-state index is 0.142. The molecule has 0 N–H and O–H groups in total. The molecule has 2 atom stereocenters. The van der Waals surface area contributed by atoms with Gasteiger partial charge in [-0.1, -0.05) is 54.1 Å². The van der Waals surface area contributed by atoms with Crippen molar-refractivity contribution >= 4 is 23.3 Å².